The van der Waals surface area contributed by atoms with Crippen molar-refractivity contribution in [2.24, 2.45) is 0 Å². The van der Waals surface area contributed by atoms with E-state index < -0.39 is 0 Å². The third-order valence-corrected chi connectivity index (χ3v) is 11.4. The van der Waals surface area contributed by atoms with Gasteiger partial charge in [-0.1, -0.05) is 164 Å². The summed E-state index contributed by atoms with van der Waals surface area (Å²) in [7, 11) is 0. The quantitative estimate of drug-likeness (QED) is 0.166. The van der Waals surface area contributed by atoms with E-state index in [0.717, 1.165) is 5.69 Å². The molecule has 0 aromatic heterocycles. The molecule has 0 amide bonds. The van der Waals surface area contributed by atoms with Crippen LogP contribution in [0.4, 0.5) is 17.1 Å². The molecule has 256 valence electrons. The van der Waals surface area contributed by atoms with Crippen molar-refractivity contribution < 1.29 is 0 Å². The molecule has 0 spiro atoms. The van der Waals surface area contributed by atoms with Crippen molar-refractivity contribution in [2.45, 2.75) is 0 Å². The van der Waals surface area contributed by atoms with E-state index in [1.54, 1.807) is 0 Å². The van der Waals surface area contributed by atoms with Gasteiger partial charge in [0.15, 0.2) is 0 Å². The van der Waals surface area contributed by atoms with Crippen LogP contribution in [-0.2, 0) is 0 Å². The average molecular weight is 698 g/mol. The maximum atomic E-state index is 2.40. The van der Waals surface area contributed by atoms with Gasteiger partial charge in [0.05, 0.1) is 11.4 Å². The van der Waals surface area contributed by atoms with Crippen molar-refractivity contribution in [1.29, 1.82) is 0 Å². The Balaban J connectivity index is 1.01. The fourth-order valence-corrected chi connectivity index (χ4v) is 8.80. The van der Waals surface area contributed by atoms with Crippen molar-refractivity contribution in [2.75, 3.05) is 4.90 Å². The zero-order valence-electron chi connectivity index (χ0n) is 30.2. The molecule has 0 aliphatic carbocycles. The lowest BCUT2D eigenvalue weighted by molar-refractivity contribution is 1.29. The largest absolute Gasteiger partial charge is 0.309 e. The second-order valence-electron chi connectivity index (χ2n) is 14.5. The van der Waals surface area contributed by atoms with Crippen LogP contribution in [-0.4, -0.2) is 0 Å². The second-order valence-corrected chi connectivity index (χ2v) is 14.5. The van der Waals surface area contributed by atoms with Crippen LogP contribution < -0.4 is 4.90 Å². The van der Waals surface area contributed by atoms with Crippen LogP contribution in [0.15, 0.2) is 212 Å². The van der Waals surface area contributed by atoms with Gasteiger partial charge in [0.25, 0.3) is 0 Å². The summed E-state index contributed by atoms with van der Waals surface area (Å²) in [6, 6.07) is 77.8. The Morgan fingerprint density at radius 2 is 0.636 bits per heavy atom. The van der Waals surface area contributed by atoms with E-state index in [9.17, 15) is 0 Å². The first kappa shape index (κ1) is 31.3. The summed E-state index contributed by atoms with van der Waals surface area (Å²) in [5, 5.41) is 7.78. The van der Waals surface area contributed by atoms with Gasteiger partial charge < -0.3 is 4.90 Å². The van der Waals surface area contributed by atoms with Gasteiger partial charge in [-0.05, 0) is 125 Å². The van der Waals surface area contributed by atoms with Crippen molar-refractivity contribution in [1.82, 2.24) is 0 Å². The highest BCUT2D eigenvalue weighted by atomic mass is 15.1. The molecule has 0 bridgehead atoms. The molecule has 0 N–H and O–H groups in total. The molecule has 10 aromatic rings. The lowest BCUT2D eigenvalue weighted by Gasteiger charge is -2.27. The van der Waals surface area contributed by atoms with Crippen LogP contribution in [0.2, 0.25) is 0 Å². The molecule has 1 nitrogen and oxygen atoms in total. The minimum absolute atomic E-state index is 1.15. The van der Waals surface area contributed by atoms with Gasteiger partial charge in [0.1, 0.15) is 0 Å². The highest BCUT2D eigenvalue weighted by Gasteiger charge is 2.26. The predicted molar refractivity (Wildman–Crippen MR) is 234 cm³/mol. The molecule has 1 aliphatic heterocycles. The van der Waals surface area contributed by atoms with Gasteiger partial charge >= 0.3 is 0 Å². The molecule has 1 aliphatic rings. The molecule has 55 heavy (non-hydrogen) atoms. The molecule has 1 heterocycles. The Bertz CT molecular complexity index is 3070. The number of rotatable bonds is 4. The van der Waals surface area contributed by atoms with E-state index in [0.29, 0.717) is 0 Å². The minimum atomic E-state index is 1.15. The molecule has 11 rings (SSSR count). The molecular weight excluding hydrogens is 663 g/mol. The molecule has 0 atom stereocenters. The molecule has 0 saturated carbocycles. The maximum absolute atomic E-state index is 2.40. The molecule has 1 heteroatoms. The average Bonchev–Trinajstić information content (AvgIpc) is 3.39. The van der Waals surface area contributed by atoms with Crippen LogP contribution in [0.3, 0.4) is 0 Å². The summed E-state index contributed by atoms with van der Waals surface area (Å²) < 4.78 is 0. The topological polar surface area (TPSA) is 3.24 Å². The van der Waals surface area contributed by atoms with Gasteiger partial charge in [-0.15, -0.1) is 0 Å². The van der Waals surface area contributed by atoms with Gasteiger partial charge in [-0.3, -0.25) is 0 Å². The Labute approximate surface area is 321 Å². The van der Waals surface area contributed by atoms with E-state index >= 15 is 0 Å². The fourth-order valence-electron chi connectivity index (χ4n) is 8.80. The molecule has 0 unspecified atom stereocenters. The van der Waals surface area contributed by atoms with Crippen LogP contribution in [0, 0.1) is 0 Å². The van der Waals surface area contributed by atoms with Crippen LogP contribution in [0.25, 0.3) is 88.0 Å². The number of para-hydroxylation sites is 3. The highest BCUT2D eigenvalue weighted by molar-refractivity contribution is 6.25. The zero-order valence-corrected chi connectivity index (χ0v) is 30.2. The first-order valence-corrected chi connectivity index (χ1v) is 19.0. The van der Waals surface area contributed by atoms with E-state index in [4.69, 9.17) is 0 Å². The van der Waals surface area contributed by atoms with Crippen LogP contribution in [0.5, 0.6) is 0 Å². The third-order valence-electron chi connectivity index (χ3n) is 11.4. The zero-order chi connectivity index (χ0) is 36.3. The standard InChI is InChI=1S/C54H35N/c1-2-18-42(19-3-1)55-53-26-10-8-24-49(53)48-31-29-41(35-52(48)50-25-9-11-27-54(50)55)39-17-13-15-37(33-39)36-14-12-16-38(32-36)40-28-30-47-45-22-5-4-20-43(45)44-21-6-7-23-46(44)51(47)34-40/h1-35H. The van der Waals surface area contributed by atoms with E-state index in [1.165, 1.54) is 99.3 Å². The summed E-state index contributed by atoms with van der Waals surface area (Å²) in [4.78, 5) is 2.40. The summed E-state index contributed by atoms with van der Waals surface area (Å²) in [5.41, 5.74) is 15.7. The smallest absolute Gasteiger partial charge is 0.0540 e. The Hall–Kier alpha value is -7.22. The van der Waals surface area contributed by atoms with E-state index in [1.807, 2.05) is 0 Å². The monoisotopic (exact) mass is 697 g/mol. The molecular formula is C54H35N. The van der Waals surface area contributed by atoms with Gasteiger partial charge in [0.2, 0.25) is 0 Å². The lowest BCUT2D eigenvalue weighted by atomic mass is 9.90. The predicted octanol–water partition coefficient (Wildman–Crippen LogP) is 15.3. The SMILES string of the molecule is c1ccc(N2c3ccccc3-c3ccc(-c4cccc(-c5cccc(-c6ccc7c8ccccc8c8ccccc8c7c6)c5)c4)cc3-c3ccccc32)cc1. The summed E-state index contributed by atoms with van der Waals surface area (Å²) >= 11 is 0. The second kappa shape index (κ2) is 12.7. The number of nitrogens with zero attached hydrogens (tertiary/aromatic N) is 1. The number of anilines is 3. The summed E-state index contributed by atoms with van der Waals surface area (Å²) in [6.07, 6.45) is 0. The van der Waals surface area contributed by atoms with Crippen LogP contribution >= 0.6 is 0 Å². The maximum Gasteiger partial charge on any atom is 0.0540 e. The van der Waals surface area contributed by atoms with Crippen molar-refractivity contribution >= 4 is 49.4 Å². The lowest BCUT2D eigenvalue weighted by Crippen LogP contribution is -2.10. The first-order chi connectivity index (χ1) is 27.3. The number of benzene rings is 10. The van der Waals surface area contributed by atoms with Gasteiger partial charge in [0, 0.05) is 16.8 Å². The summed E-state index contributed by atoms with van der Waals surface area (Å²) in [5.74, 6) is 0. The number of hydrogen-bond acceptors (Lipinski definition) is 1. The first-order valence-electron chi connectivity index (χ1n) is 19.0. The molecule has 0 saturated heterocycles. The van der Waals surface area contributed by atoms with Crippen molar-refractivity contribution in [3.63, 3.8) is 0 Å². The molecule has 10 aromatic carbocycles. The van der Waals surface area contributed by atoms with Crippen molar-refractivity contribution in [3.8, 4) is 55.6 Å². The van der Waals surface area contributed by atoms with Crippen LogP contribution in [0.1, 0.15) is 0 Å². The van der Waals surface area contributed by atoms with Crippen molar-refractivity contribution in [3.05, 3.63) is 212 Å². The Morgan fingerprint density at radius 3 is 1.22 bits per heavy atom. The Morgan fingerprint density at radius 1 is 0.218 bits per heavy atom. The van der Waals surface area contributed by atoms with E-state index in [2.05, 4.69) is 217 Å². The normalized spacial score (nSPS) is 12.0. The third kappa shape index (κ3) is 5.16. The molecule has 0 radical (unpaired) electrons. The number of fused-ring (bicyclic) bond motifs is 11. The molecule has 0 fully saturated rings. The number of hydrogen-bond donors (Lipinski definition) is 0. The van der Waals surface area contributed by atoms with Gasteiger partial charge in [-0.25, -0.2) is 0 Å². The van der Waals surface area contributed by atoms with Gasteiger partial charge in [-0.2, -0.15) is 0 Å². The minimum Gasteiger partial charge on any atom is -0.309 e. The highest BCUT2D eigenvalue weighted by Crippen LogP contribution is 2.51. The fraction of sp³-hybridized carbons (Fsp3) is 0. The van der Waals surface area contributed by atoms with E-state index in [-0.39, 0.29) is 0 Å². The summed E-state index contributed by atoms with van der Waals surface area (Å²) in [6.45, 7) is 0. The Kier molecular flexibility index (Phi) is 7.25.